The van der Waals surface area contributed by atoms with Crippen LogP contribution in [0.15, 0.2) is 0 Å². The summed E-state index contributed by atoms with van der Waals surface area (Å²) >= 11 is 0. The molecule has 0 bridgehead atoms. The Morgan fingerprint density at radius 2 is 1.15 bits per heavy atom. The van der Waals surface area contributed by atoms with E-state index in [1.807, 2.05) is 7.11 Å². The summed E-state index contributed by atoms with van der Waals surface area (Å²) in [4.78, 5) is 0. The van der Waals surface area contributed by atoms with Crippen molar-refractivity contribution in [2.24, 2.45) is 0 Å². The lowest BCUT2D eigenvalue weighted by molar-refractivity contribution is 0.324. The quantitative estimate of drug-likeness (QED) is 0.699. The van der Waals surface area contributed by atoms with Crippen LogP contribution in [0.3, 0.4) is 0 Å². The minimum Gasteiger partial charge on any atom is -0.439 e. The maximum absolute atomic E-state index is 6.26. The van der Waals surface area contributed by atoms with E-state index in [1.54, 1.807) is 0 Å². The minimum atomic E-state index is -1.86. The van der Waals surface area contributed by atoms with Crippen LogP contribution in [0.25, 0.3) is 0 Å². The first kappa shape index (κ1) is 13.6. The lowest BCUT2D eigenvalue weighted by Crippen LogP contribution is -2.62. The van der Waals surface area contributed by atoms with Gasteiger partial charge in [-0.15, -0.1) is 0 Å². The average molecular weight is 237 g/mol. The zero-order chi connectivity index (χ0) is 10.9. The van der Waals surface area contributed by atoms with Gasteiger partial charge in [0.05, 0.1) is 0 Å². The van der Waals surface area contributed by atoms with E-state index in [1.165, 1.54) is 0 Å². The van der Waals surface area contributed by atoms with Crippen LogP contribution in [0.4, 0.5) is 0 Å². The normalized spacial score (nSPS) is 18.5. The third-order valence-corrected chi connectivity index (χ3v) is 19.5. The molecule has 1 unspecified atom stereocenters. The van der Waals surface area contributed by atoms with Crippen LogP contribution < -0.4 is 0 Å². The molecule has 0 aliphatic carbocycles. The molecule has 2 nitrogen and oxygen atoms in total. The Balaban J connectivity index is 4.67. The van der Waals surface area contributed by atoms with Gasteiger partial charge in [-0.1, -0.05) is 19.6 Å². The molecule has 0 rings (SSSR count). The van der Waals surface area contributed by atoms with Gasteiger partial charge < -0.3 is 8.54 Å². The van der Waals surface area contributed by atoms with Crippen LogP contribution in [0, 0.1) is 0 Å². The van der Waals surface area contributed by atoms with E-state index in [-0.39, 0.29) is 0 Å². The van der Waals surface area contributed by atoms with E-state index in [0.717, 1.165) is 0 Å². The Morgan fingerprint density at radius 1 is 0.769 bits per heavy atom. The summed E-state index contributed by atoms with van der Waals surface area (Å²) in [5.74, 6) is 0. The topological polar surface area (TPSA) is 18.5 Å². The van der Waals surface area contributed by atoms with Crippen molar-refractivity contribution < 1.29 is 8.54 Å². The Kier molecular flexibility index (Phi) is 4.15. The average Bonchev–Trinajstić information content (AvgIpc) is 1.81. The fourth-order valence-corrected chi connectivity index (χ4v) is 15.3. The molecule has 0 aromatic carbocycles. The molecule has 0 saturated heterocycles. The molecule has 0 N–H and O–H groups in total. The van der Waals surface area contributed by atoms with Gasteiger partial charge in [0.25, 0.3) is 0 Å². The molecule has 0 radical (unpaired) electrons. The van der Waals surface area contributed by atoms with E-state index in [9.17, 15) is 0 Å². The fourth-order valence-electron chi connectivity index (χ4n) is 1.09. The van der Waals surface area contributed by atoms with Crippen molar-refractivity contribution in [2.75, 3.05) is 7.11 Å². The fraction of sp³-hybridized carbons (Fsp3) is 1.00. The summed E-state index contributed by atoms with van der Waals surface area (Å²) in [6, 6.07) is 0. The van der Waals surface area contributed by atoms with Crippen molar-refractivity contribution >= 4 is 24.0 Å². The Morgan fingerprint density at radius 3 is 1.23 bits per heavy atom. The van der Waals surface area contributed by atoms with Crippen LogP contribution in [0.1, 0.15) is 0 Å². The van der Waals surface area contributed by atoms with Crippen LogP contribution in [0.2, 0.25) is 45.8 Å². The molecule has 0 fully saturated rings. The maximum Gasteiger partial charge on any atom is 0.302 e. The summed E-state index contributed by atoms with van der Waals surface area (Å²) in [5, 5.41) is 0. The number of hydrogen-bond donors (Lipinski definition) is 0. The highest BCUT2D eigenvalue weighted by Crippen LogP contribution is 2.24. The van der Waals surface area contributed by atoms with E-state index in [0.29, 0.717) is 0 Å². The molecule has 0 heterocycles. The van der Waals surface area contributed by atoms with E-state index in [2.05, 4.69) is 45.8 Å². The summed E-state index contributed by atoms with van der Waals surface area (Å²) in [5.41, 5.74) is 0. The highest BCUT2D eigenvalue weighted by molar-refractivity contribution is 7.36. The van der Waals surface area contributed by atoms with Gasteiger partial charge >= 0.3 is 8.08 Å². The zero-order valence-electron chi connectivity index (χ0n) is 10.3. The van der Waals surface area contributed by atoms with Gasteiger partial charge in [-0.05, 0) is 26.2 Å². The lowest BCUT2D eigenvalue weighted by Gasteiger charge is -2.40. The molecule has 0 spiro atoms. The molecule has 0 aliphatic heterocycles. The Bertz CT molecular complexity index is 171. The van der Waals surface area contributed by atoms with E-state index < -0.39 is 24.0 Å². The Labute approximate surface area is 85.8 Å². The molecule has 0 aliphatic rings. The second-order valence-electron chi connectivity index (χ2n) is 5.61. The third kappa shape index (κ3) is 4.07. The van der Waals surface area contributed by atoms with Crippen molar-refractivity contribution in [1.82, 2.24) is 0 Å². The number of rotatable bonds is 4. The second-order valence-corrected chi connectivity index (χ2v) is 24.7. The molecule has 13 heavy (non-hydrogen) atoms. The monoisotopic (exact) mass is 236 g/mol. The van der Waals surface area contributed by atoms with E-state index in [4.69, 9.17) is 8.54 Å². The van der Waals surface area contributed by atoms with Gasteiger partial charge in [0.2, 0.25) is 0 Å². The van der Waals surface area contributed by atoms with Crippen LogP contribution >= 0.6 is 0 Å². The van der Waals surface area contributed by atoms with Crippen LogP contribution in [-0.4, -0.2) is 31.1 Å². The highest BCUT2D eigenvalue weighted by Gasteiger charge is 2.47. The first-order chi connectivity index (χ1) is 5.52. The van der Waals surface area contributed by atoms with Gasteiger partial charge in [0, 0.05) is 7.11 Å². The van der Waals surface area contributed by atoms with Crippen LogP contribution in [-0.2, 0) is 8.54 Å². The predicted molar refractivity (Wildman–Crippen MR) is 66.4 cm³/mol. The number of hydrogen-bond acceptors (Lipinski definition) is 2. The molecule has 80 valence electrons. The first-order valence-corrected chi connectivity index (χ1v) is 15.0. The molecular formula is C8H24O2Si3. The molecule has 0 amide bonds. The highest BCUT2D eigenvalue weighted by atomic mass is 29.3. The van der Waals surface area contributed by atoms with Crippen molar-refractivity contribution in [3.8, 4) is 0 Å². The second kappa shape index (κ2) is 3.98. The molecule has 0 aromatic heterocycles. The van der Waals surface area contributed by atoms with Crippen molar-refractivity contribution in [2.45, 2.75) is 45.8 Å². The maximum atomic E-state index is 6.26. The smallest absolute Gasteiger partial charge is 0.302 e. The summed E-state index contributed by atoms with van der Waals surface area (Å²) in [6.45, 7) is 15.9. The van der Waals surface area contributed by atoms with Gasteiger partial charge in [0.1, 0.15) is 7.59 Å². The zero-order valence-corrected chi connectivity index (χ0v) is 13.3. The molecule has 1 atom stereocenters. The standard InChI is InChI=1S/C8H24O2Si3/c1-9-13(8,12(5,6)7)10-11(2,3)4/h1-8H3. The summed E-state index contributed by atoms with van der Waals surface area (Å²) in [7, 11) is -2.79. The predicted octanol–water partition coefficient (Wildman–Crippen LogP) is 2.97. The van der Waals surface area contributed by atoms with Gasteiger partial charge in [-0.25, -0.2) is 0 Å². The molecular weight excluding hydrogens is 212 g/mol. The molecule has 5 heteroatoms. The lowest BCUT2D eigenvalue weighted by atomic mass is 11.8. The Hall–Kier alpha value is 0.571. The van der Waals surface area contributed by atoms with Crippen molar-refractivity contribution in [3.05, 3.63) is 0 Å². The third-order valence-electron chi connectivity index (χ3n) is 2.25. The van der Waals surface area contributed by atoms with Gasteiger partial charge in [-0.3, -0.25) is 0 Å². The first-order valence-electron chi connectivity index (χ1n) is 4.77. The van der Waals surface area contributed by atoms with Crippen LogP contribution in [0.5, 0.6) is 0 Å². The van der Waals surface area contributed by atoms with Crippen molar-refractivity contribution in [1.29, 1.82) is 0 Å². The van der Waals surface area contributed by atoms with Crippen molar-refractivity contribution in [3.63, 3.8) is 0 Å². The minimum absolute atomic E-state index is 1.29. The summed E-state index contributed by atoms with van der Waals surface area (Å²) < 4.78 is 11.9. The van der Waals surface area contributed by atoms with Gasteiger partial charge in [0.15, 0.2) is 8.32 Å². The SMILES string of the molecule is CO[Si](C)(O[Si](C)(C)C)[Si](C)(C)C. The van der Waals surface area contributed by atoms with Gasteiger partial charge in [-0.2, -0.15) is 0 Å². The summed E-state index contributed by atoms with van der Waals surface area (Å²) in [6.07, 6.45) is 0. The largest absolute Gasteiger partial charge is 0.439 e. The molecule has 0 saturated carbocycles. The molecule has 0 aromatic rings. The van der Waals surface area contributed by atoms with E-state index >= 15 is 0 Å².